The van der Waals surface area contributed by atoms with Crippen LogP contribution in [0, 0.1) is 0 Å². The number of thiophene rings is 1. The molecule has 0 unspecified atom stereocenters. The first kappa shape index (κ1) is 16.7. The molecule has 0 aliphatic carbocycles. The Morgan fingerprint density at radius 2 is 2.23 bits per heavy atom. The smallest absolute Gasteiger partial charge is 0.250 e. The van der Waals surface area contributed by atoms with Gasteiger partial charge in [0.05, 0.1) is 0 Å². The van der Waals surface area contributed by atoms with E-state index in [0.717, 1.165) is 17.2 Å². The zero-order chi connectivity index (χ0) is 16.0. The van der Waals surface area contributed by atoms with Crippen LogP contribution < -0.4 is 10.0 Å². The van der Waals surface area contributed by atoms with Crippen molar-refractivity contribution in [2.75, 3.05) is 13.1 Å². The molecule has 2 N–H and O–H groups in total. The Labute approximate surface area is 133 Å². The first-order valence-corrected chi connectivity index (χ1v) is 9.11. The van der Waals surface area contributed by atoms with Crippen molar-refractivity contribution in [2.24, 2.45) is 7.05 Å². The fraction of sp³-hybridized carbons (Fsp3) is 0.385. The molecule has 2 rings (SSSR count). The number of nitrogens with zero attached hydrogens (tertiary/aromatic N) is 2. The van der Waals surface area contributed by atoms with Crippen LogP contribution >= 0.6 is 11.3 Å². The third kappa shape index (κ3) is 4.65. The molecule has 0 spiro atoms. The quantitative estimate of drug-likeness (QED) is 0.731. The minimum absolute atomic E-state index is 0.0778. The number of imidazole rings is 1. The van der Waals surface area contributed by atoms with E-state index < -0.39 is 10.0 Å². The number of carbonyl (C=O) groups is 1. The fourth-order valence-corrected chi connectivity index (χ4v) is 3.90. The molecule has 0 saturated heterocycles. The summed E-state index contributed by atoms with van der Waals surface area (Å²) in [5.41, 5.74) is 0. The van der Waals surface area contributed by atoms with Gasteiger partial charge in [0.1, 0.15) is 10.0 Å². The molecule has 120 valence electrons. The lowest BCUT2D eigenvalue weighted by Crippen LogP contribution is -2.31. The Hall–Kier alpha value is -1.71. The lowest BCUT2D eigenvalue weighted by molar-refractivity contribution is -0.120. The Bertz CT molecular complexity index is 707. The molecular formula is C13H18N4O3S2. The lowest BCUT2D eigenvalue weighted by Gasteiger charge is -2.06. The third-order valence-corrected chi connectivity index (χ3v) is 5.85. The van der Waals surface area contributed by atoms with Crippen LogP contribution in [0.15, 0.2) is 34.1 Å². The largest absolute Gasteiger partial charge is 0.356 e. The van der Waals surface area contributed by atoms with Gasteiger partial charge < -0.3 is 9.88 Å². The molecule has 0 aromatic carbocycles. The summed E-state index contributed by atoms with van der Waals surface area (Å²) in [6.45, 7) is 0.551. The minimum Gasteiger partial charge on any atom is -0.356 e. The molecule has 0 radical (unpaired) electrons. The van der Waals surface area contributed by atoms with Crippen LogP contribution in [0.2, 0.25) is 0 Å². The van der Waals surface area contributed by atoms with Crippen molar-refractivity contribution >= 4 is 27.3 Å². The zero-order valence-electron chi connectivity index (χ0n) is 12.2. The third-order valence-electron chi connectivity index (χ3n) is 3.00. The number of carbonyl (C=O) groups excluding carboxylic acids is 1. The average molecular weight is 342 g/mol. The molecular weight excluding hydrogens is 324 g/mol. The van der Waals surface area contributed by atoms with E-state index in [1.54, 1.807) is 17.6 Å². The van der Waals surface area contributed by atoms with Gasteiger partial charge in [-0.2, -0.15) is 0 Å². The Morgan fingerprint density at radius 1 is 1.41 bits per heavy atom. The van der Waals surface area contributed by atoms with Crippen molar-refractivity contribution in [3.05, 3.63) is 35.7 Å². The lowest BCUT2D eigenvalue weighted by atomic mass is 10.3. The van der Waals surface area contributed by atoms with Crippen LogP contribution in [-0.2, 0) is 28.3 Å². The summed E-state index contributed by atoms with van der Waals surface area (Å²) >= 11 is 1.14. The highest BCUT2D eigenvalue weighted by Crippen LogP contribution is 2.14. The maximum Gasteiger partial charge on any atom is 0.250 e. The van der Waals surface area contributed by atoms with Gasteiger partial charge in [-0.1, -0.05) is 6.07 Å². The molecule has 0 fully saturated rings. The molecule has 0 aliphatic rings. The van der Waals surface area contributed by atoms with Gasteiger partial charge in [0.25, 0.3) is 0 Å². The van der Waals surface area contributed by atoms with Gasteiger partial charge in [-0.15, -0.1) is 11.3 Å². The van der Waals surface area contributed by atoms with Gasteiger partial charge in [0.2, 0.25) is 15.9 Å². The number of amides is 1. The molecule has 2 aromatic heterocycles. The standard InChI is InChI=1S/C13H18N4O3S2/c1-17-9-8-14-11(17)4-6-15-12(18)5-7-16-22(19,20)13-3-2-10-21-13/h2-3,8-10,16H,4-7H2,1H3,(H,15,18). The molecule has 22 heavy (non-hydrogen) atoms. The summed E-state index contributed by atoms with van der Waals surface area (Å²) in [7, 11) is -1.61. The van der Waals surface area contributed by atoms with Crippen molar-refractivity contribution in [3.8, 4) is 0 Å². The first-order valence-electron chi connectivity index (χ1n) is 6.75. The van der Waals surface area contributed by atoms with Gasteiger partial charge in [0, 0.05) is 45.4 Å². The molecule has 9 heteroatoms. The topological polar surface area (TPSA) is 93.1 Å². The number of hydrogen-bond acceptors (Lipinski definition) is 5. The van der Waals surface area contributed by atoms with Gasteiger partial charge in [-0.25, -0.2) is 18.1 Å². The fourth-order valence-electron chi connectivity index (χ4n) is 1.83. The second-order valence-corrected chi connectivity index (χ2v) is 7.58. The van der Waals surface area contributed by atoms with Gasteiger partial charge in [-0.3, -0.25) is 4.79 Å². The molecule has 0 bridgehead atoms. The van der Waals surface area contributed by atoms with E-state index in [-0.39, 0.29) is 23.1 Å². The van der Waals surface area contributed by atoms with Gasteiger partial charge >= 0.3 is 0 Å². The summed E-state index contributed by atoms with van der Waals surface area (Å²) in [5.74, 6) is 0.696. The number of rotatable bonds is 8. The Morgan fingerprint density at radius 3 is 2.86 bits per heavy atom. The first-order chi connectivity index (χ1) is 10.5. The summed E-state index contributed by atoms with van der Waals surface area (Å²) in [6, 6.07) is 3.20. The second kappa shape index (κ2) is 7.52. The highest BCUT2D eigenvalue weighted by molar-refractivity contribution is 7.91. The molecule has 7 nitrogen and oxygen atoms in total. The monoisotopic (exact) mass is 342 g/mol. The predicted molar refractivity (Wildman–Crippen MR) is 84.0 cm³/mol. The van der Waals surface area contributed by atoms with Crippen LogP contribution in [-0.4, -0.2) is 37.0 Å². The van der Waals surface area contributed by atoms with Crippen LogP contribution in [0.1, 0.15) is 12.2 Å². The number of hydrogen-bond donors (Lipinski definition) is 2. The molecule has 0 atom stereocenters. The maximum absolute atomic E-state index is 11.8. The van der Waals surface area contributed by atoms with Crippen LogP contribution in [0.3, 0.4) is 0 Å². The summed E-state index contributed by atoms with van der Waals surface area (Å²) < 4.78 is 28.2. The van der Waals surface area contributed by atoms with Crippen LogP contribution in [0.4, 0.5) is 0 Å². The van der Waals surface area contributed by atoms with E-state index in [0.29, 0.717) is 13.0 Å². The molecule has 0 saturated carbocycles. The molecule has 2 heterocycles. The van der Waals surface area contributed by atoms with E-state index in [1.165, 1.54) is 6.07 Å². The number of nitrogens with one attached hydrogen (secondary N) is 2. The van der Waals surface area contributed by atoms with Crippen molar-refractivity contribution in [3.63, 3.8) is 0 Å². The molecule has 2 aromatic rings. The Kier molecular flexibility index (Phi) is 5.69. The second-order valence-electron chi connectivity index (χ2n) is 4.63. The van der Waals surface area contributed by atoms with Crippen LogP contribution in [0.25, 0.3) is 0 Å². The van der Waals surface area contributed by atoms with E-state index in [4.69, 9.17) is 0 Å². The number of sulfonamides is 1. The van der Waals surface area contributed by atoms with E-state index >= 15 is 0 Å². The van der Waals surface area contributed by atoms with Crippen LogP contribution in [0.5, 0.6) is 0 Å². The Balaban J connectivity index is 1.67. The van der Waals surface area contributed by atoms with Crippen molar-refractivity contribution in [1.82, 2.24) is 19.6 Å². The number of aryl methyl sites for hydroxylation is 1. The highest BCUT2D eigenvalue weighted by atomic mass is 32.2. The summed E-state index contributed by atoms with van der Waals surface area (Å²) in [6.07, 6.45) is 4.29. The summed E-state index contributed by atoms with van der Waals surface area (Å²) in [5, 5.41) is 4.44. The van der Waals surface area contributed by atoms with Gasteiger partial charge in [-0.05, 0) is 11.4 Å². The molecule has 0 aliphatic heterocycles. The van der Waals surface area contributed by atoms with Crippen molar-refractivity contribution in [2.45, 2.75) is 17.1 Å². The van der Waals surface area contributed by atoms with E-state index in [2.05, 4.69) is 15.0 Å². The van der Waals surface area contributed by atoms with Crippen molar-refractivity contribution in [1.29, 1.82) is 0 Å². The minimum atomic E-state index is -3.50. The molecule has 1 amide bonds. The normalized spacial score (nSPS) is 11.5. The average Bonchev–Trinajstić information content (AvgIpc) is 3.11. The predicted octanol–water partition coefficient (Wildman–Crippen LogP) is 0.509. The van der Waals surface area contributed by atoms with Crippen molar-refractivity contribution < 1.29 is 13.2 Å². The maximum atomic E-state index is 11.8. The summed E-state index contributed by atoms with van der Waals surface area (Å²) in [4.78, 5) is 15.8. The zero-order valence-corrected chi connectivity index (χ0v) is 13.8. The van der Waals surface area contributed by atoms with E-state index in [1.807, 2.05) is 17.8 Å². The van der Waals surface area contributed by atoms with E-state index in [9.17, 15) is 13.2 Å². The highest BCUT2D eigenvalue weighted by Gasteiger charge is 2.14. The van der Waals surface area contributed by atoms with Gasteiger partial charge in [0.15, 0.2) is 0 Å². The number of aromatic nitrogens is 2. The SMILES string of the molecule is Cn1ccnc1CCNC(=O)CCNS(=O)(=O)c1cccs1.